The van der Waals surface area contributed by atoms with E-state index in [2.05, 4.69) is 20.5 Å². The number of H-pyrrole nitrogens is 1. The van der Waals surface area contributed by atoms with E-state index in [1.807, 2.05) is 7.05 Å². The van der Waals surface area contributed by atoms with Gasteiger partial charge in [0.25, 0.3) is 5.82 Å². The number of aromatic nitrogens is 3. The predicted octanol–water partition coefficient (Wildman–Crippen LogP) is -0.317. The summed E-state index contributed by atoms with van der Waals surface area (Å²) in [5.41, 5.74) is 0. The van der Waals surface area contributed by atoms with E-state index in [1.165, 1.54) is 0 Å². The Morgan fingerprint density at radius 1 is 1.65 bits per heavy atom. The van der Waals surface area contributed by atoms with Crippen molar-refractivity contribution in [1.82, 2.24) is 20.5 Å². The monoisotopic (exact) mass is 240 g/mol. The Labute approximate surface area is 98.9 Å². The first-order valence-corrected chi connectivity index (χ1v) is 5.60. The minimum Gasteiger partial charge on any atom is -0.460 e. The summed E-state index contributed by atoms with van der Waals surface area (Å²) in [5.74, 6) is 0.319. The van der Waals surface area contributed by atoms with Gasteiger partial charge in [0, 0.05) is 6.04 Å². The molecule has 1 fully saturated rings. The van der Waals surface area contributed by atoms with Gasteiger partial charge in [-0.05, 0) is 14.0 Å². The maximum absolute atomic E-state index is 11.4. The van der Waals surface area contributed by atoms with Crippen molar-refractivity contribution in [1.29, 1.82) is 0 Å². The lowest BCUT2D eigenvalue weighted by atomic mass is 10.0. The topological polar surface area (TPSA) is 89.1 Å². The van der Waals surface area contributed by atoms with Gasteiger partial charge in [0.1, 0.15) is 5.82 Å². The van der Waals surface area contributed by atoms with Gasteiger partial charge >= 0.3 is 5.97 Å². The Morgan fingerprint density at radius 3 is 3.18 bits per heavy atom. The molecule has 1 aliphatic heterocycles. The number of hydrogen-bond acceptors (Lipinski definition) is 6. The number of ether oxygens (including phenoxy) is 2. The van der Waals surface area contributed by atoms with Crippen molar-refractivity contribution in [3.05, 3.63) is 11.6 Å². The molecule has 17 heavy (non-hydrogen) atoms. The molecule has 0 saturated carbocycles. The predicted molar refractivity (Wildman–Crippen MR) is 58.7 cm³/mol. The average Bonchev–Trinajstić information content (AvgIpc) is 2.97. The number of nitrogens with zero attached hydrogens (tertiary/aromatic N) is 2. The average molecular weight is 240 g/mol. The molecule has 1 aromatic rings. The van der Waals surface area contributed by atoms with Crippen LogP contribution in [0.3, 0.4) is 0 Å². The number of likely N-dealkylation sites (N-methyl/N-ethyl adjacent to an activating group) is 1. The summed E-state index contributed by atoms with van der Waals surface area (Å²) >= 11 is 0. The number of aromatic amines is 1. The van der Waals surface area contributed by atoms with E-state index in [4.69, 9.17) is 9.47 Å². The Morgan fingerprint density at radius 2 is 2.47 bits per heavy atom. The van der Waals surface area contributed by atoms with Crippen molar-refractivity contribution in [2.45, 2.75) is 18.9 Å². The Bertz CT molecular complexity index is 393. The zero-order chi connectivity index (χ0) is 12.3. The number of nitrogens with one attached hydrogen (secondary N) is 2. The molecule has 2 atom stereocenters. The quantitative estimate of drug-likeness (QED) is 0.701. The number of carbonyl (C=O) groups is 1. The molecule has 2 unspecified atom stereocenters. The molecule has 0 aromatic carbocycles. The van der Waals surface area contributed by atoms with Crippen molar-refractivity contribution < 1.29 is 14.3 Å². The molecule has 1 aromatic heterocycles. The normalized spacial score (nSPS) is 23.9. The summed E-state index contributed by atoms with van der Waals surface area (Å²) in [6, 6.07) is 0.193. The van der Waals surface area contributed by atoms with Crippen LogP contribution in [0.2, 0.25) is 0 Å². The van der Waals surface area contributed by atoms with E-state index in [1.54, 1.807) is 6.92 Å². The highest BCUT2D eigenvalue weighted by Gasteiger charge is 2.31. The first-order chi connectivity index (χ1) is 8.26. The highest BCUT2D eigenvalue weighted by atomic mass is 16.5. The van der Waals surface area contributed by atoms with Gasteiger partial charge in [0.05, 0.1) is 25.7 Å². The Hall–Kier alpha value is -1.47. The van der Waals surface area contributed by atoms with E-state index in [0.29, 0.717) is 25.6 Å². The first kappa shape index (κ1) is 12.0. The molecule has 1 saturated heterocycles. The molecule has 0 amide bonds. The molecule has 2 heterocycles. The number of esters is 1. The van der Waals surface area contributed by atoms with Crippen molar-refractivity contribution >= 4 is 5.97 Å². The summed E-state index contributed by atoms with van der Waals surface area (Å²) in [4.78, 5) is 15.6. The minimum absolute atomic E-state index is 0.0728. The second kappa shape index (κ2) is 5.24. The molecule has 7 heteroatoms. The fraction of sp³-hybridized carbons (Fsp3) is 0.700. The number of carbonyl (C=O) groups excluding carboxylic acids is 1. The molecule has 2 N–H and O–H groups in total. The Balaban J connectivity index is 2.09. The van der Waals surface area contributed by atoms with Crippen LogP contribution in [0.4, 0.5) is 0 Å². The maximum Gasteiger partial charge on any atom is 0.378 e. The zero-order valence-corrected chi connectivity index (χ0v) is 9.90. The van der Waals surface area contributed by atoms with Gasteiger partial charge in [0.2, 0.25) is 0 Å². The smallest absolute Gasteiger partial charge is 0.378 e. The molecular formula is C10H16N4O3. The maximum atomic E-state index is 11.4. The molecule has 94 valence electrons. The van der Waals surface area contributed by atoms with Crippen LogP contribution in [-0.2, 0) is 9.47 Å². The molecule has 1 aliphatic rings. The van der Waals surface area contributed by atoms with Gasteiger partial charge in [-0.2, -0.15) is 0 Å². The zero-order valence-electron chi connectivity index (χ0n) is 9.90. The summed E-state index contributed by atoms with van der Waals surface area (Å²) in [5, 5.41) is 9.77. The van der Waals surface area contributed by atoms with Crippen LogP contribution in [0.25, 0.3) is 0 Å². The van der Waals surface area contributed by atoms with Crippen molar-refractivity contribution in [3.63, 3.8) is 0 Å². The SMILES string of the molecule is CCOC(=O)c1n[nH]c(C2COCC2NC)n1. The van der Waals surface area contributed by atoms with E-state index in [0.717, 1.165) is 0 Å². The van der Waals surface area contributed by atoms with Crippen LogP contribution in [0.1, 0.15) is 29.3 Å². The molecule has 2 rings (SSSR count). The number of rotatable bonds is 4. The lowest BCUT2D eigenvalue weighted by Gasteiger charge is -2.13. The molecule has 0 radical (unpaired) electrons. The third-order valence-corrected chi connectivity index (χ3v) is 2.76. The van der Waals surface area contributed by atoms with Gasteiger partial charge in [-0.3, -0.25) is 5.10 Å². The van der Waals surface area contributed by atoms with Crippen molar-refractivity contribution in [3.8, 4) is 0 Å². The molecule has 0 spiro atoms. The van der Waals surface area contributed by atoms with Crippen LogP contribution < -0.4 is 5.32 Å². The van der Waals surface area contributed by atoms with Gasteiger partial charge < -0.3 is 14.8 Å². The van der Waals surface area contributed by atoms with Gasteiger partial charge in [-0.25, -0.2) is 9.78 Å². The molecule has 7 nitrogen and oxygen atoms in total. The molecule has 0 aliphatic carbocycles. The van der Waals surface area contributed by atoms with Gasteiger partial charge in [-0.15, -0.1) is 5.10 Å². The summed E-state index contributed by atoms with van der Waals surface area (Å²) < 4.78 is 10.2. The molecule has 0 bridgehead atoms. The fourth-order valence-electron chi connectivity index (χ4n) is 1.84. The van der Waals surface area contributed by atoms with Crippen LogP contribution in [0, 0.1) is 0 Å². The highest BCUT2D eigenvalue weighted by molar-refractivity contribution is 5.84. The van der Waals surface area contributed by atoms with Crippen LogP contribution in [-0.4, -0.2) is 54.1 Å². The van der Waals surface area contributed by atoms with Gasteiger partial charge in [-0.1, -0.05) is 0 Å². The Kier molecular flexibility index (Phi) is 3.70. The van der Waals surface area contributed by atoms with Crippen molar-refractivity contribution in [2.75, 3.05) is 26.9 Å². The van der Waals surface area contributed by atoms with E-state index in [-0.39, 0.29) is 17.8 Å². The largest absolute Gasteiger partial charge is 0.460 e. The highest BCUT2D eigenvalue weighted by Crippen LogP contribution is 2.22. The number of hydrogen-bond donors (Lipinski definition) is 2. The lowest BCUT2D eigenvalue weighted by molar-refractivity contribution is 0.0512. The van der Waals surface area contributed by atoms with E-state index >= 15 is 0 Å². The summed E-state index contributed by atoms with van der Waals surface area (Å²) in [6.07, 6.45) is 0. The molecular weight excluding hydrogens is 224 g/mol. The standard InChI is InChI=1S/C10H16N4O3/c1-3-17-10(15)9-12-8(13-14-9)6-4-16-5-7(6)11-2/h6-7,11H,3-5H2,1-2H3,(H,12,13,14). The summed E-state index contributed by atoms with van der Waals surface area (Å²) in [7, 11) is 1.87. The first-order valence-electron chi connectivity index (χ1n) is 5.60. The third kappa shape index (κ3) is 2.45. The van der Waals surface area contributed by atoms with E-state index in [9.17, 15) is 4.79 Å². The summed E-state index contributed by atoms with van der Waals surface area (Å²) in [6.45, 7) is 3.27. The fourth-order valence-corrected chi connectivity index (χ4v) is 1.84. The second-order valence-corrected chi connectivity index (χ2v) is 3.80. The van der Waals surface area contributed by atoms with Crippen LogP contribution in [0.15, 0.2) is 0 Å². The second-order valence-electron chi connectivity index (χ2n) is 3.80. The minimum atomic E-state index is -0.505. The van der Waals surface area contributed by atoms with E-state index < -0.39 is 5.97 Å². The lowest BCUT2D eigenvalue weighted by Crippen LogP contribution is -2.31. The van der Waals surface area contributed by atoms with Crippen molar-refractivity contribution in [2.24, 2.45) is 0 Å². The van der Waals surface area contributed by atoms with Crippen LogP contribution >= 0.6 is 0 Å². The third-order valence-electron chi connectivity index (χ3n) is 2.76. The van der Waals surface area contributed by atoms with Crippen LogP contribution in [0.5, 0.6) is 0 Å². The van der Waals surface area contributed by atoms with Gasteiger partial charge in [0.15, 0.2) is 0 Å².